The van der Waals surface area contributed by atoms with Crippen LogP contribution in [0.1, 0.15) is 23.0 Å². The Bertz CT molecular complexity index is 2210. The molecule has 0 aromatic heterocycles. The summed E-state index contributed by atoms with van der Waals surface area (Å²) in [5.41, 5.74) is 8.23. The number of rotatable bonds is 8. The minimum atomic E-state index is -0.766. The molecule has 0 bridgehead atoms. The van der Waals surface area contributed by atoms with Crippen LogP contribution in [0.4, 0.5) is 34.1 Å². The molecule has 8 aromatic rings. The number of benzene rings is 8. The molecule has 1 aliphatic rings. The van der Waals surface area contributed by atoms with Crippen LogP contribution in [-0.4, -0.2) is 22.4 Å². The van der Waals surface area contributed by atoms with Crippen molar-refractivity contribution < 1.29 is 10.2 Å². The van der Waals surface area contributed by atoms with Crippen LogP contribution < -0.4 is 9.80 Å². The Morgan fingerprint density at radius 2 is 0.558 bits per heavy atom. The van der Waals surface area contributed by atoms with Crippen LogP contribution in [0.2, 0.25) is 0 Å². The summed E-state index contributed by atoms with van der Waals surface area (Å²) in [6.07, 6.45) is -1.53. The molecular formula is C48H38N2O2. The lowest BCUT2D eigenvalue weighted by Gasteiger charge is -2.48. The number of fused-ring (bicyclic) bond motifs is 2. The van der Waals surface area contributed by atoms with E-state index in [1.165, 1.54) is 0 Å². The molecule has 1 saturated carbocycles. The smallest absolute Gasteiger partial charge is 0.0727 e. The number of anilines is 6. The monoisotopic (exact) mass is 674 g/mol. The van der Waals surface area contributed by atoms with Crippen molar-refractivity contribution in [1.82, 2.24) is 0 Å². The summed E-state index contributed by atoms with van der Waals surface area (Å²) >= 11 is 0. The molecule has 0 spiro atoms. The van der Waals surface area contributed by atoms with E-state index in [2.05, 4.69) is 168 Å². The summed E-state index contributed by atoms with van der Waals surface area (Å²) < 4.78 is 0. The Labute approximate surface area is 304 Å². The summed E-state index contributed by atoms with van der Waals surface area (Å²) in [6, 6.07) is 66.7. The number of nitrogens with zero attached hydrogens (tertiary/aromatic N) is 2. The van der Waals surface area contributed by atoms with Gasteiger partial charge >= 0.3 is 0 Å². The molecule has 0 saturated heterocycles. The molecule has 0 heterocycles. The van der Waals surface area contributed by atoms with Crippen LogP contribution in [-0.2, 0) is 0 Å². The van der Waals surface area contributed by atoms with Crippen LogP contribution in [0.3, 0.4) is 0 Å². The molecule has 4 nitrogen and oxygen atoms in total. The fourth-order valence-corrected chi connectivity index (χ4v) is 8.19. The summed E-state index contributed by atoms with van der Waals surface area (Å²) in [7, 11) is 0. The largest absolute Gasteiger partial charge is 0.392 e. The highest BCUT2D eigenvalue weighted by molar-refractivity contribution is 6.02. The Hall–Kier alpha value is -6.20. The fourth-order valence-electron chi connectivity index (χ4n) is 8.19. The maximum Gasteiger partial charge on any atom is 0.0727 e. The van der Waals surface area contributed by atoms with Gasteiger partial charge in [0.05, 0.1) is 23.6 Å². The summed E-state index contributed by atoms with van der Waals surface area (Å²) in [5.74, 6) is -0.871. The maximum absolute atomic E-state index is 12.1. The standard InChI is InChI=1S/C48H38N2O2/c51-47-45(41-29-31-43(39-27-15-13-25-37(39)41)49(33-17-5-1-6-18-33)34-19-7-2-8-20-34)48(52)46(47)42-30-32-44(40-28-16-14-26-38(40)42)50(35-21-9-3-10-22-35)36-23-11-4-12-24-36/h1-32,45-48,51-52H. The van der Waals surface area contributed by atoms with Crippen molar-refractivity contribution in [3.05, 3.63) is 205 Å². The van der Waals surface area contributed by atoms with Crippen molar-refractivity contribution >= 4 is 55.7 Å². The second kappa shape index (κ2) is 13.5. The summed E-state index contributed by atoms with van der Waals surface area (Å²) in [5, 5.41) is 28.3. The normalized spacial score (nSPS) is 18.2. The third-order valence-electron chi connectivity index (χ3n) is 10.6. The lowest BCUT2D eigenvalue weighted by atomic mass is 9.62. The minimum Gasteiger partial charge on any atom is -0.392 e. The van der Waals surface area contributed by atoms with Gasteiger partial charge in [0, 0.05) is 45.4 Å². The van der Waals surface area contributed by atoms with Gasteiger partial charge in [-0.05, 0) is 82.6 Å². The SMILES string of the molecule is OC1C(c2ccc(N(c3ccccc3)c3ccccc3)c3ccccc23)C(O)C1c1ccc(N(c2ccccc2)c2ccccc2)c2ccccc12. The molecule has 4 heteroatoms. The molecule has 0 amide bonds. The van der Waals surface area contributed by atoms with Crippen LogP contribution in [0.5, 0.6) is 0 Å². The van der Waals surface area contributed by atoms with Gasteiger partial charge in [0.1, 0.15) is 0 Å². The zero-order valence-electron chi connectivity index (χ0n) is 28.6. The maximum atomic E-state index is 12.1. The average molecular weight is 675 g/mol. The second-order valence-corrected chi connectivity index (χ2v) is 13.5. The van der Waals surface area contributed by atoms with Crippen molar-refractivity contribution in [3.63, 3.8) is 0 Å². The van der Waals surface area contributed by atoms with E-state index in [9.17, 15) is 10.2 Å². The van der Waals surface area contributed by atoms with Crippen LogP contribution in [0.25, 0.3) is 21.5 Å². The van der Waals surface area contributed by atoms with Crippen LogP contribution in [0.15, 0.2) is 194 Å². The van der Waals surface area contributed by atoms with Crippen molar-refractivity contribution in [2.75, 3.05) is 9.80 Å². The van der Waals surface area contributed by atoms with Crippen molar-refractivity contribution in [2.45, 2.75) is 24.0 Å². The molecule has 252 valence electrons. The van der Waals surface area contributed by atoms with E-state index in [0.717, 1.165) is 66.8 Å². The van der Waals surface area contributed by atoms with Crippen LogP contribution >= 0.6 is 0 Å². The highest BCUT2D eigenvalue weighted by atomic mass is 16.3. The average Bonchev–Trinajstić information content (AvgIpc) is 3.21. The van der Waals surface area contributed by atoms with Gasteiger partial charge in [-0.3, -0.25) is 0 Å². The lowest BCUT2D eigenvalue weighted by Crippen LogP contribution is -2.51. The third-order valence-corrected chi connectivity index (χ3v) is 10.6. The number of hydrogen-bond acceptors (Lipinski definition) is 4. The van der Waals surface area contributed by atoms with Gasteiger partial charge in [-0.15, -0.1) is 0 Å². The first-order valence-corrected chi connectivity index (χ1v) is 17.9. The molecule has 52 heavy (non-hydrogen) atoms. The fraction of sp³-hybridized carbons (Fsp3) is 0.0833. The highest BCUT2D eigenvalue weighted by Crippen LogP contribution is 2.53. The summed E-state index contributed by atoms with van der Waals surface area (Å²) in [4.78, 5) is 4.54. The second-order valence-electron chi connectivity index (χ2n) is 13.5. The molecule has 0 atom stereocenters. The molecule has 8 aromatic carbocycles. The van der Waals surface area contributed by atoms with Gasteiger partial charge < -0.3 is 20.0 Å². The van der Waals surface area contributed by atoms with Crippen molar-refractivity contribution in [2.24, 2.45) is 0 Å². The molecule has 2 N–H and O–H groups in total. The van der Waals surface area contributed by atoms with E-state index in [1.807, 2.05) is 36.4 Å². The zero-order chi connectivity index (χ0) is 35.0. The van der Waals surface area contributed by atoms with E-state index in [-0.39, 0.29) is 0 Å². The molecule has 9 rings (SSSR count). The molecule has 1 fully saturated rings. The number of aliphatic hydroxyl groups is 2. The van der Waals surface area contributed by atoms with Gasteiger partial charge in [0.2, 0.25) is 0 Å². The highest BCUT2D eigenvalue weighted by Gasteiger charge is 2.51. The van der Waals surface area contributed by atoms with Gasteiger partial charge in [-0.1, -0.05) is 133 Å². The Balaban J connectivity index is 1.11. The quantitative estimate of drug-likeness (QED) is 0.168. The molecule has 0 unspecified atom stereocenters. The molecule has 1 aliphatic carbocycles. The molecule has 0 radical (unpaired) electrons. The molecule has 0 aliphatic heterocycles. The topological polar surface area (TPSA) is 46.9 Å². The predicted octanol–water partition coefficient (Wildman–Crippen LogP) is 11.5. The van der Waals surface area contributed by atoms with E-state index < -0.39 is 24.0 Å². The summed E-state index contributed by atoms with van der Waals surface area (Å²) in [6.45, 7) is 0. The number of aliphatic hydroxyl groups excluding tert-OH is 2. The zero-order valence-corrected chi connectivity index (χ0v) is 28.6. The number of hydrogen-bond donors (Lipinski definition) is 2. The minimum absolute atomic E-state index is 0.436. The predicted molar refractivity (Wildman–Crippen MR) is 215 cm³/mol. The van der Waals surface area contributed by atoms with Gasteiger partial charge in [-0.25, -0.2) is 0 Å². The Morgan fingerprint density at radius 3 is 0.865 bits per heavy atom. The van der Waals surface area contributed by atoms with E-state index >= 15 is 0 Å². The first kappa shape index (κ1) is 31.8. The third kappa shape index (κ3) is 5.41. The lowest BCUT2D eigenvalue weighted by molar-refractivity contribution is -0.0775. The van der Waals surface area contributed by atoms with E-state index in [0.29, 0.717) is 0 Å². The molecular weight excluding hydrogens is 637 g/mol. The first-order chi connectivity index (χ1) is 25.7. The number of para-hydroxylation sites is 4. The van der Waals surface area contributed by atoms with Crippen molar-refractivity contribution in [3.8, 4) is 0 Å². The van der Waals surface area contributed by atoms with E-state index in [1.54, 1.807) is 0 Å². The van der Waals surface area contributed by atoms with E-state index in [4.69, 9.17) is 0 Å². The van der Waals surface area contributed by atoms with Crippen LogP contribution in [0, 0.1) is 0 Å². The van der Waals surface area contributed by atoms with Crippen molar-refractivity contribution in [1.29, 1.82) is 0 Å². The Kier molecular flexibility index (Phi) is 8.24. The van der Waals surface area contributed by atoms with Gasteiger partial charge in [0.25, 0.3) is 0 Å². The Morgan fingerprint density at radius 1 is 0.288 bits per heavy atom. The first-order valence-electron chi connectivity index (χ1n) is 17.9. The van der Waals surface area contributed by atoms with Gasteiger partial charge in [0.15, 0.2) is 0 Å². The van der Waals surface area contributed by atoms with Gasteiger partial charge in [-0.2, -0.15) is 0 Å².